The van der Waals surface area contributed by atoms with E-state index in [9.17, 15) is 14.4 Å². The minimum Gasteiger partial charge on any atom is -0.480 e. The molecule has 0 aromatic heterocycles. The molecule has 1 aromatic carbocycles. The lowest BCUT2D eigenvalue weighted by Crippen LogP contribution is -2.39. The number of dihydropyridines is 1. The molecular formula is C33H54N2O7. The standard InChI is InChI=1S/C24H38O4.C5H7N.C4H9NO3/c1-3-5-7-9-11-15-19-27-23(25)21-17-13-14-18-22(21)24(26)28-20-16-12-10-8-6-4-2;1-2-4-6-5-3-1;1-2(6)3(5)4(7)8/h13-14,17-18H,3-12,15-16,19-20H2,1-2H3;1-4,6H,5H2;2-3,6H,5H2,1H3,(H,7,8). The van der Waals surface area contributed by atoms with Crippen LogP contribution in [-0.4, -0.2) is 60.0 Å². The summed E-state index contributed by atoms with van der Waals surface area (Å²) in [5.41, 5.74) is 5.50. The number of aliphatic hydroxyl groups is 1. The number of unbranched alkanes of at least 4 members (excludes halogenated alkanes) is 10. The van der Waals surface area contributed by atoms with E-state index in [2.05, 4.69) is 25.2 Å². The van der Waals surface area contributed by atoms with Gasteiger partial charge in [0, 0.05) is 6.54 Å². The van der Waals surface area contributed by atoms with Gasteiger partial charge in [0.15, 0.2) is 0 Å². The number of hydrogen-bond donors (Lipinski definition) is 4. The van der Waals surface area contributed by atoms with Gasteiger partial charge in [0.05, 0.1) is 30.4 Å². The van der Waals surface area contributed by atoms with Crippen LogP contribution in [-0.2, 0) is 14.3 Å². The number of benzene rings is 1. The predicted molar refractivity (Wildman–Crippen MR) is 167 cm³/mol. The molecule has 0 aliphatic carbocycles. The van der Waals surface area contributed by atoms with Gasteiger partial charge in [-0.25, -0.2) is 9.59 Å². The molecule has 1 heterocycles. The summed E-state index contributed by atoms with van der Waals surface area (Å²) in [4.78, 5) is 34.6. The highest BCUT2D eigenvalue weighted by Gasteiger charge is 2.19. The van der Waals surface area contributed by atoms with E-state index in [1.165, 1.54) is 58.3 Å². The molecule has 0 saturated heterocycles. The number of carboxylic acids is 1. The number of hydrogen-bond acceptors (Lipinski definition) is 8. The Morgan fingerprint density at radius 2 is 1.26 bits per heavy atom. The topological polar surface area (TPSA) is 148 Å². The maximum absolute atomic E-state index is 12.4. The average molecular weight is 591 g/mol. The maximum atomic E-state index is 12.4. The van der Waals surface area contributed by atoms with Gasteiger partial charge in [-0.15, -0.1) is 0 Å². The van der Waals surface area contributed by atoms with E-state index < -0.39 is 30.1 Å². The highest BCUT2D eigenvalue weighted by atomic mass is 16.5. The number of carboxylic acid groups (broad SMARTS) is 1. The highest BCUT2D eigenvalue weighted by molar-refractivity contribution is 6.03. The molecule has 9 heteroatoms. The van der Waals surface area contributed by atoms with Crippen molar-refractivity contribution in [2.75, 3.05) is 19.8 Å². The van der Waals surface area contributed by atoms with Crippen LogP contribution in [0, 0.1) is 0 Å². The largest absolute Gasteiger partial charge is 0.480 e. The second-order valence-corrected chi connectivity index (χ2v) is 10.2. The number of nitrogens with two attached hydrogens (primary N) is 1. The Morgan fingerprint density at radius 1 is 0.810 bits per heavy atom. The summed E-state index contributed by atoms with van der Waals surface area (Å²) in [7, 11) is 0. The molecule has 0 bridgehead atoms. The second-order valence-electron chi connectivity index (χ2n) is 10.2. The van der Waals surface area contributed by atoms with E-state index in [0.717, 1.165) is 32.2 Å². The summed E-state index contributed by atoms with van der Waals surface area (Å²) < 4.78 is 10.7. The van der Waals surface area contributed by atoms with Crippen LogP contribution in [0.25, 0.3) is 0 Å². The van der Waals surface area contributed by atoms with Gasteiger partial charge >= 0.3 is 17.9 Å². The first-order valence-corrected chi connectivity index (χ1v) is 15.4. The van der Waals surface area contributed by atoms with Crippen LogP contribution in [0.4, 0.5) is 0 Å². The van der Waals surface area contributed by atoms with Crippen molar-refractivity contribution in [3.05, 3.63) is 59.8 Å². The van der Waals surface area contributed by atoms with Crippen molar-refractivity contribution in [2.45, 2.75) is 110 Å². The van der Waals surface area contributed by atoms with E-state index in [4.69, 9.17) is 25.4 Å². The predicted octanol–water partition coefficient (Wildman–Crippen LogP) is 6.16. The first-order chi connectivity index (χ1) is 20.3. The Kier molecular flexibility index (Phi) is 24.7. The number of rotatable bonds is 18. The lowest BCUT2D eigenvalue weighted by molar-refractivity contribution is -0.140. The molecule has 2 rings (SSSR count). The Morgan fingerprint density at radius 3 is 1.55 bits per heavy atom. The average Bonchev–Trinajstić information content (AvgIpc) is 3.01. The Bertz CT molecular complexity index is 854. The van der Waals surface area contributed by atoms with Gasteiger partial charge in [-0.2, -0.15) is 0 Å². The summed E-state index contributed by atoms with van der Waals surface area (Å²) >= 11 is 0. The summed E-state index contributed by atoms with van der Waals surface area (Å²) in [6.45, 7) is 7.49. The van der Waals surface area contributed by atoms with Crippen molar-refractivity contribution in [1.29, 1.82) is 0 Å². The zero-order chi connectivity index (χ0) is 31.4. The van der Waals surface area contributed by atoms with Gasteiger partial charge in [0.2, 0.25) is 0 Å². The highest BCUT2D eigenvalue weighted by Crippen LogP contribution is 2.14. The number of carbonyl (C=O) groups is 3. The lowest BCUT2D eigenvalue weighted by atomic mass is 10.1. The van der Waals surface area contributed by atoms with Crippen LogP contribution in [0.5, 0.6) is 0 Å². The number of aliphatic hydroxyl groups excluding tert-OH is 1. The minimum absolute atomic E-state index is 0.293. The zero-order valence-corrected chi connectivity index (χ0v) is 25.9. The maximum Gasteiger partial charge on any atom is 0.339 e. The third-order valence-electron chi connectivity index (χ3n) is 6.33. The molecule has 1 aromatic rings. The van der Waals surface area contributed by atoms with Crippen molar-refractivity contribution in [1.82, 2.24) is 5.32 Å². The Hall–Kier alpha value is -3.17. The molecule has 42 heavy (non-hydrogen) atoms. The van der Waals surface area contributed by atoms with Crippen LogP contribution in [0.1, 0.15) is 119 Å². The molecule has 0 spiro atoms. The van der Waals surface area contributed by atoms with Crippen molar-refractivity contribution in [3.63, 3.8) is 0 Å². The summed E-state index contributed by atoms with van der Waals surface area (Å²) in [5, 5.41) is 19.6. The fourth-order valence-corrected chi connectivity index (χ4v) is 3.70. The molecule has 2 atom stereocenters. The molecule has 2 unspecified atom stereocenters. The van der Waals surface area contributed by atoms with Crippen molar-refractivity contribution in [3.8, 4) is 0 Å². The fraction of sp³-hybridized carbons (Fsp3) is 0.606. The number of nitrogens with one attached hydrogen (secondary N) is 1. The quantitative estimate of drug-likeness (QED) is 0.116. The normalized spacial score (nSPS) is 12.9. The van der Waals surface area contributed by atoms with E-state index >= 15 is 0 Å². The second kappa shape index (κ2) is 26.7. The fourth-order valence-electron chi connectivity index (χ4n) is 3.70. The monoisotopic (exact) mass is 590 g/mol. The van der Waals surface area contributed by atoms with Gasteiger partial charge in [0.1, 0.15) is 6.04 Å². The number of carbonyl (C=O) groups excluding carboxylic acids is 2. The summed E-state index contributed by atoms with van der Waals surface area (Å²) in [6, 6.07) is 5.59. The number of aliphatic carboxylic acids is 1. The molecule has 0 saturated carbocycles. The van der Waals surface area contributed by atoms with Gasteiger partial charge in [-0.1, -0.05) is 102 Å². The van der Waals surface area contributed by atoms with E-state index in [0.29, 0.717) is 24.3 Å². The molecule has 1 aliphatic rings. The molecule has 9 nitrogen and oxygen atoms in total. The molecule has 5 N–H and O–H groups in total. The number of allylic oxidation sites excluding steroid dienone is 2. The van der Waals surface area contributed by atoms with Gasteiger partial charge in [-0.3, -0.25) is 4.79 Å². The van der Waals surface area contributed by atoms with E-state index in [1.54, 1.807) is 24.3 Å². The summed E-state index contributed by atoms with van der Waals surface area (Å²) in [5.74, 6) is -2.07. The van der Waals surface area contributed by atoms with Crippen molar-refractivity contribution >= 4 is 17.9 Å². The third kappa shape index (κ3) is 20.7. The van der Waals surface area contributed by atoms with Crippen LogP contribution >= 0.6 is 0 Å². The minimum atomic E-state index is -1.18. The SMILES string of the molecule is C1=CCNC=C1.CC(O)C(N)C(=O)O.CCCCCCCCOC(=O)c1ccccc1C(=O)OCCCCCCCC. The van der Waals surface area contributed by atoms with Gasteiger partial charge < -0.3 is 30.7 Å². The van der Waals surface area contributed by atoms with E-state index in [1.807, 2.05) is 18.4 Å². The van der Waals surface area contributed by atoms with Crippen LogP contribution in [0.3, 0.4) is 0 Å². The Labute approximate surface area is 252 Å². The smallest absolute Gasteiger partial charge is 0.339 e. The zero-order valence-electron chi connectivity index (χ0n) is 25.9. The van der Waals surface area contributed by atoms with Gasteiger partial charge in [-0.05, 0) is 44.2 Å². The van der Waals surface area contributed by atoms with Crippen molar-refractivity contribution in [2.24, 2.45) is 5.73 Å². The Balaban J connectivity index is 0.000000973. The molecule has 0 fully saturated rings. The third-order valence-corrected chi connectivity index (χ3v) is 6.33. The first-order valence-electron chi connectivity index (χ1n) is 15.4. The van der Waals surface area contributed by atoms with Crippen LogP contribution in [0.15, 0.2) is 48.7 Å². The molecule has 238 valence electrons. The van der Waals surface area contributed by atoms with Crippen molar-refractivity contribution < 1.29 is 34.1 Å². The molecular weight excluding hydrogens is 536 g/mol. The van der Waals surface area contributed by atoms with E-state index in [-0.39, 0.29) is 0 Å². The summed E-state index contributed by atoms with van der Waals surface area (Å²) in [6.07, 6.45) is 20.6. The molecule has 1 aliphatic heterocycles. The lowest BCUT2D eigenvalue weighted by Gasteiger charge is -2.10. The van der Waals surface area contributed by atoms with Gasteiger partial charge in [0.25, 0.3) is 0 Å². The molecule has 0 amide bonds. The first kappa shape index (κ1) is 38.8. The van der Waals surface area contributed by atoms with Crippen LogP contribution < -0.4 is 11.1 Å². The van der Waals surface area contributed by atoms with Crippen LogP contribution in [0.2, 0.25) is 0 Å². The number of ether oxygens (including phenoxy) is 2. The molecule has 0 radical (unpaired) electrons. The number of esters is 2.